The molecule has 0 fully saturated rings. The predicted octanol–water partition coefficient (Wildman–Crippen LogP) is 2.21. The maximum Gasteiger partial charge on any atom is 0.349 e. The van der Waals surface area contributed by atoms with Crippen molar-refractivity contribution in [1.29, 1.82) is 0 Å². The zero-order chi connectivity index (χ0) is 16.8. The summed E-state index contributed by atoms with van der Waals surface area (Å²) >= 11 is 0. The standard InChI is InChI=1S/C17H16N4O3/c1-2-13-5-3-4-6-16(13)23-11-17(22)24-15-9-7-14(8-10-15)21-12-18-19-20-21/h3-10,12H,2,11H2,1H3. The lowest BCUT2D eigenvalue weighted by Gasteiger charge is -2.10. The van der Waals surface area contributed by atoms with E-state index in [1.54, 1.807) is 24.3 Å². The molecule has 122 valence electrons. The Hall–Kier alpha value is -3.22. The zero-order valence-corrected chi connectivity index (χ0v) is 13.1. The molecule has 0 spiro atoms. The maximum atomic E-state index is 11.9. The molecule has 3 rings (SSSR count). The Balaban J connectivity index is 1.57. The van der Waals surface area contributed by atoms with E-state index in [0.29, 0.717) is 11.5 Å². The summed E-state index contributed by atoms with van der Waals surface area (Å²) in [6.07, 6.45) is 2.32. The molecule has 1 aromatic heterocycles. The number of rotatable bonds is 6. The van der Waals surface area contributed by atoms with Gasteiger partial charge in [-0.1, -0.05) is 25.1 Å². The maximum absolute atomic E-state index is 11.9. The summed E-state index contributed by atoms with van der Waals surface area (Å²) in [7, 11) is 0. The summed E-state index contributed by atoms with van der Waals surface area (Å²) in [6.45, 7) is 1.89. The van der Waals surface area contributed by atoms with Crippen LogP contribution in [0.25, 0.3) is 5.69 Å². The van der Waals surface area contributed by atoms with Crippen LogP contribution in [0.4, 0.5) is 0 Å². The van der Waals surface area contributed by atoms with Crippen molar-refractivity contribution in [2.45, 2.75) is 13.3 Å². The average Bonchev–Trinajstić information content (AvgIpc) is 3.15. The van der Waals surface area contributed by atoms with Gasteiger partial charge in [0.05, 0.1) is 5.69 Å². The lowest BCUT2D eigenvalue weighted by Crippen LogP contribution is -2.18. The Labute approximate surface area is 138 Å². The molecule has 0 aliphatic rings. The number of nitrogens with zero attached hydrogens (tertiary/aromatic N) is 4. The normalized spacial score (nSPS) is 10.4. The van der Waals surface area contributed by atoms with E-state index in [9.17, 15) is 4.79 Å². The second-order valence-corrected chi connectivity index (χ2v) is 4.97. The van der Waals surface area contributed by atoms with E-state index in [-0.39, 0.29) is 6.61 Å². The number of hydrogen-bond donors (Lipinski definition) is 0. The van der Waals surface area contributed by atoms with E-state index >= 15 is 0 Å². The van der Waals surface area contributed by atoms with Gasteiger partial charge in [0.1, 0.15) is 17.8 Å². The molecular weight excluding hydrogens is 308 g/mol. The van der Waals surface area contributed by atoms with Crippen molar-refractivity contribution in [3.8, 4) is 17.2 Å². The second kappa shape index (κ2) is 7.36. The predicted molar refractivity (Wildman–Crippen MR) is 86.1 cm³/mol. The first-order chi connectivity index (χ1) is 11.8. The molecular formula is C17H16N4O3. The highest BCUT2D eigenvalue weighted by atomic mass is 16.6. The number of carbonyl (C=O) groups excluding carboxylic acids is 1. The third kappa shape index (κ3) is 3.75. The van der Waals surface area contributed by atoms with Crippen LogP contribution < -0.4 is 9.47 Å². The second-order valence-electron chi connectivity index (χ2n) is 4.97. The number of tetrazole rings is 1. The average molecular weight is 324 g/mol. The van der Waals surface area contributed by atoms with Gasteiger partial charge in [0.2, 0.25) is 0 Å². The Morgan fingerprint density at radius 2 is 1.92 bits per heavy atom. The van der Waals surface area contributed by atoms with Crippen LogP contribution in [0.3, 0.4) is 0 Å². The fraction of sp³-hybridized carbons (Fsp3) is 0.176. The quantitative estimate of drug-likeness (QED) is 0.511. The zero-order valence-electron chi connectivity index (χ0n) is 13.1. The van der Waals surface area contributed by atoms with Gasteiger partial charge < -0.3 is 9.47 Å². The molecule has 2 aromatic carbocycles. The molecule has 0 aliphatic carbocycles. The van der Waals surface area contributed by atoms with Crippen LogP contribution in [0, 0.1) is 0 Å². The first kappa shape index (κ1) is 15.7. The van der Waals surface area contributed by atoms with Crippen LogP contribution in [0.15, 0.2) is 54.9 Å². The molecule has 7 heteroatoms. The molecule has 3 aromatic rings. The molecule has 0 N–H and O–H groups in total. The highest BCUT2D eigenvalue weighted by Crippen LogP contribution is 2.19. The van der Waals surface area contributed by atoms with Crippen molar-refractivity contribution in [2.24, 2.45) is 0 Å². The minimum Gasteiger partial charge on any atom is -0.482 e. The van der Waals surface area contributed by atoms with Gasteiger partial charge in [-0.05, 0) is 52.7 Å². The molecule has 0 amide bonds. The molecule has 0 radical (unpaired) electrons. The number of aromatic nitrogens is 4. The van der Waals surface area contributed by atoms with Crippen molar-refractivity contribution >= 4 is 5.97 Å². The van der Waals surface area contributed by atoms with E-state index in [2.05, 4.69) is 15.5 Å². The molecule has 0 bridgehead atoms. The van der Waals surface area contributed by atoms with Crippen LogP contribution in [-0.2, 0) is 11.2 Å². The van der Waals surface area contributed by atoms with Crippen LogP contribution >= 0.6 is 0 Å². The molecule has 7 nitrogen and oxygen atoms in total. The molecule has 24 heavy (non-hydrogen) atoms. The van der Waals surface area contributed by atoms with Gasteiger partial charge in [-0.2, -0.15) is 0 Å². The number of carbonyl (C=O) groups is 1. The van der Waals surface area contributed by atoms with Gasteiger partial charge >= 0.3 is 5.97 Å². The molecule has 0 saturated carbocycles. The lowest BCUT2D eigenvalue weighted by molar-refractivity contribution is -0.136. The molecule has 1 heterocycles. The van der Waals surface area contributed by atoms with Crippen LogP contribution in [-0.4, -0.2) is 32.8 Å². The third-order valence-electron chi connectivity index (χ3n) is 3.38. The van der Waals surface area contributed by atoms with E-state index in [1.807, 2.05) is 31.2 Å². The minimum atomic E-state index is -0.462. The van der Waals surface area contributed by atoms with Gasteiger partial charge in [0.25, 0.3) is 0 Å². The fourth-order valence-electron chi connectivity index (χ4n) is 2.18. The van der Waals surface area contributed by atoms with Gasteiger partial charge in [-0.15, -0.1) is 5.10 Å². The fourth-order valence-corrected chi connectivity index (χ4v) is 2.18. The molecule has 0 aliphatic heterocycles. The number of hydrogen-bond acceptors (Lipinski definition) is 6. The van der Waals surface area contributed by atoms with E-state index in [4.69, 9.17) is 9.47 Å². The van der Waals surface area contributed by atoms with Crippen molar-refractivity contribution in [1.82, 2.24) is 20.2 Å². The van der Waals surface area contributed by atoms with Crippen molar-refractivity contribution in [3.63, 3.8) is 0 Å². The van der Waals surface area contributed by atoms with Crippen LogP contribution in [0.5, 0.6) is 11.5 Å². The molecule has 0 unspecified atom stereocenters. The monoisotopic (exact) mass is 324 g/mol. The summed E-state index contributed by atoms with van der Waals surface area (Å²) in [4.78, 5) is 11.9. The largest absolute Gasteiger partial charge is 0.482 e. The van der Waals surface area contributed by atoms with E-state index < -0.39 is 5.97 Å². The first-order valence-corrected chi connectivity index (χ1v) is 7.51. The number of aryl methyl sites for hydroxylation is 1. The third-order valence-corrected chi connectivity index (χ3v) is 3.38. The molecule has 0 saturated heterocycles. The SMILES string of the molecule is CCc1ccccc1OCC(=O)Oc1ccc(-n2cnnn2)cc1. The number of ether oxygens (including phenoxy) is 2. The summed E-state index contributed by atoms with van der Waals surface area (Å²) in [5.41, 5.74) is 1.82. The summed E-state index contributed by atoms with van der Waals surface area (Å²) in [6, 6.07) is 14.5. The number of esters is 1. The lowest BCUT2D eigenvalue weighted by atomic mass is 10.1. The van der Waals surface area contributed by atoms with E-state index in [0.717, 1.165) is 17.7 Å². The van der Waals surface area contributed by atoms with Gasteiger partial charge in [0, 0.05) is 0 Å². The Morgan fingerprint density at radius 1 is 1.12 bits per heavy atom. The highest BCUT2D eigenvalue weighted by molar-refractivity contribution is 5.74. The number of para-hydroxylation sites is 1. The van der Waals surface area contributed by atoms with Crippen molar-refractivity contribution < 1.29 is 14.3 Å². The Bertz CT molecular complexity index is 801. The smallest absolute Gasteiger partial charge is 0.349 e. The Morgan fingerprint density at radius 3 is 2.62 bits per heavy atom. The minimum absolute atomic E-state index is 0.147. The van der Waals surface area contributed by atoms with Crippen LogP contribution in [0.1, 0.15) is 12.5 Å². The number of benzene rings is 2. The van der Waals surface area contributed by atoms with Crippen LogP contribution in [0.2, 0.25) is 0 Å². The highest BCUT2D eigenvalue weighted by Gasteiger charge is 2.08. The molecule has 0 atom stereocenters. The first-order valence-electron chi connectivity index (χ1n) is 7.51. The Kier molecular flexibility index (Phi) is 4.81. The topological polar surface area (TPSA) is 79.1 Å². The van der Waals surface area contributed by atoms with Gasteiger partial charge in [0.15, 0.2) is 6.61 Å². The summed E-state index contributed by atoms with van der Waals surface area (Å²) in [5, 5.41) is 10.9. The van der Waals surface area contributed by atoms with Crippen molar-refractivity contribution in [2.75, 3.05) is 6.61 Å². The van der Waals surface area contributed by atoms with Gasteiger partial charge in [-0.3, -0.25) is 0 Å². The van der Waals surface area contributed by atoms with Gasteiger partial charge in [-0.25, -0.2) is 9.48 Å². The summed E-state index contributed by atoms with van der Waals surface area (Å²) < 4.78 is 12.3. The van der Waals surface area contributed by atoms with Crippen molar-refractivity contribution in [3.05, 3.63) is 60.4 Å². The van der Waals surface area contributed by atoms with E-state index in [1.165, 1.54) is 11.0 Å². The summed E-state index contributed by atoms with van der Waals surface area (Å²) in [5.74, 6) is 0.672.